The molecule has 1 aromatic carbocycles. The number of benzene rings is 1. The third-order valence-corrected chi connectivity index (χ3v) is 5.07. The van der Waals surface area contributed by atoms with E-state index in [2.05, 4.69) is 20.8 Å². The minimum atomic E-state index is -0.323. The summed E-state index contributed by atoms with van der Waals surface area (Å²) in [5, 5.41) is 14.4. The van der Waals surface area contributed by atoms with Crippen LogP contribution in [0.15, 0.2) is 24.3 Å². The van der Waals surface area contributed by atoms with Gasteiger partial charge in [0.05, 0.1) is 13.7 Å². The van der Waals surface area contributed by atoms with Gasteiger partial charge in [0.1, 0.15) is 10.8 Å². The highest BCUT2D eigenvalue weighted by Crippen LogP contribution is 2.24. The Morgan fingerprint density at radius 1 is 1.20 bits per heavy atom. The summed E-state index contributed by atoms with van der Waals surface area (Å²) in [7, 11) is 1.59. The molecule has 3 rings (SSSR count). The summed E-state index contributed by atoms with van der Waals surface area (Å²) in [6.45, 7) is 0.308. The number of rotatable bonds is 6. The van der Waals surface area contributed by atoms with Crippen molar-refractivity contribution in [2.24, 2.45) is 5.92 Å². The maximum Gasteiger partial charge on any atom is 0.286 e. The monoisotopic (exact) mass is 360 g/mol. The molecule has 0 atom stereocenters. The Morgan fingerprint density at radius 3 is 2.60 bits per heavy atom. The van der Waals surface area contributed by atoms with Crippen molar-refractivity contribution in [1.29, 1.82) is 0 Å². The Hall–Kier alpha value is -2.48. The van der Waals surface area contributed by atoms with Gasteiger partial charge >= 0.3 is 0 Å². The number of carbonyl (C=O) groups is 2. The van der Waals surface area contributed by atoms with Crippen LogP contribution in [-0.4, -0.2) is 29.1 Å². The third kappa shape index (κ3) is 4.54. The molecule has 1 aliphatic carbocycles. The number of nitrogens with one attached hydrogen (secondary N) is 2. The molecule has 132 valence electrons. The summed E-state index contributed by atoms with van der Waals surface area (Å²) in [6, 6.07) is 7.03. The van der Waals surface area contributed by atoms with E-state index in [1.54, 1.807) is 31.4 Å². The average molecular weight is 360 g/mol. The summed E-state index contributed by atoms with van der Waals surface area (Å²) in [5.74, 6) is 0.577. The second-order valence-electron chi connectivity index (χ2n) is 5.88. The van der Waals surface area contributed by atoms with E-state index in [9.17, 15) is 9.59 Å². The molecule has 1 heterocycles. The maximum atomic E-state index is 12.2. The molecule has 1 fully saturated rings. The molecule has 2 aromatic rings. The minimum Gasteiger partial charge on any atom is -0.497 e. The molecule has 0 saturated heterocycles. The van der Waals surface area contributed by atoms with E-state index in [0.29, 0.717) is 23.0 Å². The number of hydrogen-bond acceptors (Lipinski definition) is 6. The lowest BCUT2D eigenvalue weighted by Crippen LogP contribution is -2.28. The standard InChI is InChI=1S/C17H20N4O3S/c1-24-13-8-6-12(7-9-13)19-16(23)17-21-20-14(25-17)10-18-15(22)11-4-2-3-5-11/h6-9,11H,2-5,10H2,1H3,(H,18,22)(H,19,23). The molecule has 0 unspecified atom stereocenters. The van der Waals surface area contributed by atoms with Crippen LogP contribution in [-0.2, 0) is 11.3 Å². The van der Waals surface area contributed by atoms with Crippen molar-refractivity contribution in [3.63, 3.8) is 0 Å². The van der Waals surface area contributed by atoms with Crippen LogP contribution in [0, 0.1) is 5.92 Å². The molecule has 7 nitrogen and oxygen atoms in total. The Morgan fingerprint density at radius 2 is 1.92 bits per heavy atom. The zero-order chi connectivity index (χ0) is 17.6. The Labute approximate surface area is 149 Å². The molecule has 2 N–H and O–H groups in total. The SMILES string of the molecule is COc1ccc(NC(=O)c2nnc(CNC(=O)C3CCCC3)s2)cc1. The lowest BCUT2D eigenvalue weighted by Gasteiger charge is -2.08. The molecular weight excluding hydrogens is 340 g/mol. The quantitative estimate of drug-likeness (QED) is 0.826. The molecule has 25 heavy (non-hydrogen) atoms. The van der Waals surface area contributed by atoms with E-state index >= 15 is 0 Å². The molecular formula is C17H20N4O3S. The lowest BCUT2D eigenvalue weighted by atomic mass is 10.1. The van der Waals surface area contributed by atoms with Gasteiger partial charge in [-0.3, -0.25) is 9.59 Å². The van der Waals surface area contributed by atoms with Gasteiger partial charge in [0.2, 0.25) is 10.9 Å². The third-order valence-electron chi connectivity index (χ3n) is 4.15. The zero-order valence-corrected chi connectivity index (χ0v) is 14.8. The smallest absolute Gasteiger partial charge is 0.286 e. The topological polar surface area (TPSA) is 93.2 Å². The highest BCUT2D eigenvalue weighted by Gasteiger charge is 2.22. The number of hydrogen-bond donors (Lipinski definition) is 2. The van der Waals surface area contributed by atoms with E-state index in [1.807, 2.05) is 0 Å². The van der Waals surface area contributed by atoms with Crippen molar-refractivity contribution in [2.75, 3.05) is 12.4 Å². The predicted octanol–water partition coefficient (Wildman–Crippen LogP) is 2.61. The molecule has 0 aliphatic heterocycles. The van der Waals surface area contributed by atoms with E-state index in [1.165, 1.54) is 11.3 Å². The second-order valence-corrected chi connectivity index (χ2v) is 6.94. The van der Waals surface area contributed by atoms with Crippen LogP contribution in [0.25, 0.3) is 0 Å². The van der Waals surface area contributed by atoms with Crippen LogP contribution >= 0.6 is 11.3 Å². The zero-order valence-electron chi connectivity index (χ0n) is 13.9. The fourth-order valence-electron chi connectivity index (χ4n) is 2.77. The number of methoxy groups -OCH3 is 1. The van der Waals surface area contributed by atoms with Gasteiger partial charge in [-0.2, -0.15) is 0 Å². The summed E-state index contributed by atoms with van der Waals surface area (Å²) >= 11 is 1.18. The summed E-state index contributed by atoms with van der Waals surface area (Å²) in [4.78, 5) is 24.2. The van der Waals surface area contributed by atoms with Gasteiger partial charge in [0.25, 0.3) is 5.91 Å². The van der Waals surface area contributed by atoms with E-state index < -0.39 is 0 Å². The number of carbonyl (C=O) groups excluding carboxylic acids is 2. The fourth-order valence-corrected chi connectivity index (χ4v) is 3.45. The highest BCUT2D eigenvalue weighted by molar-refractivity contribution is 7.13. The van der Waals surface area contributed by atoms with Crippen molar-refractivity contribution >= 4 is 28.8 Å². The van der Waals surface area contributed by atoms with E-state index in [4.69, 9.17) is 4.74 Å². The molecule has 2 amide bonds. The first kappa shape index (κ1) is 17.3. The van der Waals surface area contributed by atoms with Gasteiger partial charge in [-0.25, -0.2) is 0 Å². The van der Waals surface area contributed by atoms with Gasteiger partial charge in [-0.1, -0.05) is 24.2 Å². The van der Waals surface area contributed by atoms with Crippen LogP contribution in [0.2, 0.25) is 0 Å². The van der Waals surface area contributed by atoms with Crippen LogP contribution in [0.4, 0.5) is 5.69 Å². The normalized spacial score (nSPS) is 14.3. The molecule has 0 bridgehead atoms. The van der Waals surface area contributed by atoms with Gasteiger partial charge in [-0.15, -0.1) is 10.2 Å². The average Bonchev–Trinajstić information content (AvgIpc) is 3.32. The highest BCUT2D eigenvalue weighted by atomic mass is 32.1. The van der Waals surface area contributed by atoms with Crippen LogP contribution in [0.1, 0.15) is 40.5 Å². The first-order valence-corrected chi connectivity index (χ1v) is 9.03. The molecule has 1 aliphatic rings. The predicted molar refractivity (Wildman–Crippen MR) is 94.7 cm³/mol. The minimum absolute atomic E-state index is 0.0666. The van der Waals surface area contributed by atoms with Gasteiger partial charge in [0, 0.05) is 11.6 Å². The summed E-state index contributed by atoms with van der Waals surface area (Å²) in [6.07, 6.45) is 4.15. The molecule has 1 saturated carbocycles. The Balaban J connectivity index is 1.52. The van der Waals surface area contributed by atoms with Crippen molar-refractivity contribution < 1.29 is 14.3 Å². The van der Waals surface area contributed by atoms with Crippen LogP contribution in [0.3, 0.4) is 0 Å². The molecule has 1 aromatic heterocycles. The van der Waals surface area contributed by atoms with Gasteiger partial charge in [-0.05, 0) is 37.1 Å². The lowest BCUT2D eigenvalue weighted by molar-refractivity contribution is -0.124. The number of amides is 2. The number of aromatic nitrogens is 2. The molecule has 0 radical (unpaired) electrons. The first-order chi connectivity index (χ1) is 12.2. The maximum absolute atomic E-state index is 12.2. The summed E-state index contributed by atoms with van der Waals surface area (Å²) in [5.41, 5.74) is 0.650. The first-order valence-electron chi connectivity index (χ1n) is 8.21. The van der Waals surface area contributed by atoms with E-state index in [0.717, 1.165) is 25.7 Å². The second kappa shape index (κ2) is 8.06. The molecule has 0 spiro atoms. The number of nitrogens with zero attached hydrogens (tertiary/aromatic N) is 2. The number of ether oxygens (including phenoxy) is 1. The van der Waals surface area contributed by atoms with Crippen molar-refractivity contribution in [3.8, 4) is 5.75 Å². The number of anilines is 1. The van der Waals surface area contributed by atoms with Crippen LogP contribution in [0.5, 0.6) is 5.75 Å². The van der Waals surface area contributed by atoms with Crippen molar-refractivity contribution in [2.45, 2.75) is 32.2 Å². The van der Waals surface area contributed by atoms with Crippen LogP contribution < -0.4 is 15.4 Å². The summed E-state index contributed by atoms with van der Waals surface area (Å²) < 4.78 is 5.08. The Kier molecular flexibility index (Phi) is 5.60. The van der Waals surface area contributed by atoms with E-state index in [-0.39, 0.29) is 22.7 Å². The van der Waals surface area contributed by atoms with Crippen molar-refractivity contribution in [3.05, 3.63) is 34.3 Å². The largest absolute Gasteiger partial charge is 0.497 e. The Bertz CT molecular complexity index is 739. The molecule has 8 heteroatoms. The fraction of sp³-hybridized carbons (Fsp3) is 0.412. The van der Waals surface area contributed by atoms with Gasteiger partial charge in [0.15, 0.2) is 0 Å². The van der Waals surface area contributed by atoms with Gasteiger partial charge < -0.3 is 15.4 Å². The van der Waals surface area contributed by atoms with Crippen molar-refractivity contribution in [1.82, 2.24) is 15.5 Å².